The lowest BCUT2D eigenvalue weighted by Gasteiger charge is -2.00. The highest BCUT2D eigenvalue weighted by Crippen LogP contribution is 2.29. The molecule has 0 radical (unpaired) electrons. The van der Waals surface area contributed by atoms with E-state index in [9.17, 15) is 0 Å². The first kappa shape index (κ1) is 12.0. The quantitative estimate of drug-likeness (QED) is 0.865. The molecule has 0 fully saturated rings. The molecular weight excluding hydrogens is 306 g/mol. The monoisotopic (exact) mass is 315 g/mol. The second-order valence-corrected chi connectivity index (χ2v) is 6.02. The van der Waals surface area contributed by atoms with Crippen molar-refractivity contribution in [2.45, 2.75) is 29.6 Å². The molecule has 0 bridgehead atoms. The van der Waals surface area contributed by atoms with Crippen LogP contribution in [0.1, 0.15) is 18.4 Å². The van der Waals surface area contributed by atoms with Crippen LogP contribution in [0.15, 0.2) is 26.0 Å². The van der Waals surface area contributed by atoms with E-state index in [0.717, 1.165) is 31.8 Å². The van der Waals surface area contributed by atoms with Crippen molar-refractivity contribution in [2.75, 3.05) is 0 Å². The van der Waals surface area contributed by atoms with Gasteiger partial charge in [0.1, 0.15) is 10.9 Å². The van der Waals surface area contributed by atoms with E-state index in [4.69, 9.17) is 0 Å². The Morgan fingerprint density at radius 1 is 1.38 bits per heavy atom. The number of aryl methyl sites for hydroxylation is 2. The van der Waals surface area contributed by atoms with E-state index in [1.807, 2.05) is 19.1 Å². The van der Waals surface area contributed by atoms with Crippen LogP contribution < -0.4 is 0 Å². The van der Waals surface area contributed by atoms with Gasteiger partial charge in [0, 0.05) is 10.9 Å². The average Bonchev–Trinajstić information content (AvgIpc) is 2.71. The Bertz CT molecular complexity index is 499. The van der Waals surface area contributed by atoms with Crippen LogP contribution in [0.25, 0.3) is 0 Å². The Morgan fingerprint density at radius 3 is 2.81 bits per heavy atom. The molecule has 0 aliphatic heterocycles. The van der Waals surface area contributed by atoms with Crippen molar-refractivity contribution in [3.8, 4) is 0 Å². The summed E-state index contributed by atoms with van der Waals surface area (Å²) in [6.07, 6.45) is 0.879. The summed E-state index contributed by atoms with van der Waals surface area (Å²) in [5.41, 5.74) is 0.991. The van der Waals surface area contributed by atoms with Crippen molar-refractivity contribution in [1.82, 2.24) is 14.3 Å². The van der Waals surface area contributed by atoms with Crippen molar-refractivity contribution in [3.63, 3.8) is 0 Å². The van der Waals surface area contributed by atoms with Crippen molar-refractivity contribution in [2.24, 2.45) is 0 Å². The number of hydrogen-bond donors (Lipinski definition) is 0. The van der Waals surface area contributed by atoms with E-state index in [0.29, 0.717) is 0 Å². The highest BCUT2D eigenvalue weighted by atomic mass is 79.9. The SMILES string of the molecule is CCc1nsc(Sc2ccc(Br)c(C)n2)n1. The average molecular weight is 316 g/mol. The molecular formula is C10H10BrN3S2. The third-order valence-corrected chi connectivity index (χ3v) is 4.52. The minimum Gasteiger partial charge on any atom is -0.245 e. The second-order valence-electron chi connectivity index (χ2n) is 3.15. The first-order valence-corrected chi connectivity index (χ1v) is 7.21. The number of rotatable bonds is 3. The lowest BCUT2D eigenvalue weighted by atomic mass is 10.4. The molecule has 16 heavy (non-hydrogen) atoms. The van der Waals surface area contributed by atoms with Gasteiger partial charge >= 0.3 is 0 Å². The van der Waals surface area contributed by atoms with Crippen LogP contribution in [0.5, 0.6) is 0 Å². The standard InChI is InChI=1S/C10H10BrN3S2/c1-3-8-13-10(16-14-8)15-9-5-4-7(11)6(2)12-9/h4-5H,3H2,1-2H3. The number of halogens is 1. The molecule has 3 nitrogen and oxygen atoms in total. The molecule has 0 N–H and O–H groups in total. The maximum atomic E-state index is 4.46. The largest absolute Gasteiger partial charge is 0.245 e. The fraction of sp³-hybridized carbons (Fsp3) is 0.300. The summed E-state index contributed by atoms with van der Waals surface area (Å²) >= 11 is 6.42. The van der Waals surface area contributed by atoms with Gasteiger partial charge in [0.2, 0.25) is 0 Å². The van der Waals surface area contributed by atoms with Crippen molar-refractivity contribution in [1.29, 1.82) is 0 Å². The minimum atomic E-state index is 0.879. The molecule has 2 aromatic heterocycles. The zero-order valence-electron chi connectivity index (χ0n) is 8.90. The topological polar surface area (TPSA) is 38.7 Å². The van der Waals surface area contributed by atoms with Crippen LogP contribution in [0.4, 0.5) is 0 Å². The number of hydrogen-bond acceptors (Lipinski definition) is 5. The smallest absolute Gasteiger partial charge is 0.176 e. The van der Waals surface area contributed by atoms with E-state index in [1.54, 1.807) is 11.8 Å². The van der Waals surface area contributed by atoms with Crippen molar-refractivity contribution >= 4 is 39.2 Å². The van der Waals surface area contributed by atoms with Crippen LogP contribution in [-0.2, 0) is 6.42 Å². The number of aromatic nitrogens is 3. The van der Waals surface area contributed by atoms with Crippen LogP contribution in [-0.4, -0.2) is 14.3 Å². The van der Waals surface area contributed by atoms with Gasteiger partial charge in [0.15, 0.2) is 4.34 Å². The fourth-order valence-electron chi connectivity index (χ4n) is 1.09. The molecule has 0 spiro atoms. The van der Waals surface area contributed by atoms with Crippen molar-refractivity contribution in [3.05, 3.63) is 28.1 Å². The van der Waals surface area contributed by atoms with Crippen LogP contribution in [0.3, 0.4) is 0 Å². The molecule has 2 heterocycles. The normalized spacial score (nSPS) is 10.7. The highest BCUT2D eigenvalue weighted by Gasteiger charge is 2.06. The van der Waals surface area contributed by atoms with Gasteiger partial charge in [-0.3, -0.25) is 0 Å². The van der Waals surface area contributed by atoms with Gasteiger partial charge in [-0.2, -0.15) is 4.37 Å². The predicted molar refractivity (Wildman–Crippen MR) is 70.1 cm³/mol. The van der Waals surface area contributed by atoms with E-state index in [-0.39, 0.29) is 0 Å². The molecule has 2 aromatic rings. The lowest BCUT2D eigenvalue weighted by Crippen LogP contribution is -1.86. The number of pyridine rings is 1. The minimum absolute atomic E-state index is 0.879. The Labute approximate surface area is 111 Å². The van der Waals surface area contributed by atoms with Gasteiger partial charge in [0.25, 0.3) is 0 Å². The third kappa shape index (κ3) is 2.81. The Hall–Kier alpha value is -0.460. The molecule has 84 valence electrons. The summed E-state index contributed by atoms with van der Waals surface area (Å²) < 4.78 is 6.22. The van der Waals surface area contributed by atoms with Gasteiger partial charge in [-0.1, -0.05) is 6.92 Å². The van der Waals surface area contributed by atoms with Gasteiger partial charge in [0.05, 0.1) is 5.69 Å². The Balaban J connectivity index is 2.17. The summed E-state index contributed by atoms with van der Waals surface area (Å²) in [6, 6.07) is 3.99. The Kier molecular flexibility index (Phi) is 3.94. The molecule has 0 saturated carbocycles. The molecule has 0 unspecified atom stereocenters. The maximum Gasteiger partial charge on any atom is 0.176 e. The van der Waals surface area contributed by atoms with Gasteiger partial charge in [-0.05, 0) is 58.3 Å². The van der Waals surface area contributed by atoms with Gasteiger partial charge in [-0.15, -0.1) is 0 Å². The Morgan fingerprint density at radius 2 is 2.19 bits per heavy atom. The molecule has 0 atom stereocenters. The fourth-order valence-corrected chi connectivity index (χ4v) is 2.98. The van der Waals surface area contributed by atoms with Crippen LogP contribution in [0, 0.1) is 6.92 Å². The van der Waals surface area contributed by atoms with Crippen molar-refractivity contribution < 1.29 is 0 Å². The lowest BCUT2D eigenvalue weighted by molar-refractivity contribution is 0.969. The van der Waals surface area contributed by atoms with Crippen LogP contribution >= 0.6 is 39.2 Å². The molecule has 2 rings (SSSR count). The zero-order chi connectivity index (χ0) is 11.5. The van der Waals surface area contributed by atoms with Gasteiger partial charge in [-0.25, -0.2) is 9.97 Å². The van der Waals surface area contributed by atoms with E-state index < -0.39 is 0 Å². The van der Waals surface area contributed by atoms with Crippen LogP contribution in [0.2, 0.25) is 0 Å². The molecule has 0 saturated heterocycles. The second kappa shape index (κ2) is 5.25. The summed E-state index contributed by atoms with van der Waals surface area (Å²) in [6.45, 7) is 4.03. The van der Waals surface area contributed by atoms with Gasteiger partial charge < -0.3 is 0 Å². The summed E-state index contributed by atoms with van der Waals surface area (Å²) in [5.74, 6) is 0.904. The molecule has 6 heteroatoms. The maximum absolute atomic E-state index is 4.46. The first-order valence-electron chi connectivity index (χ1n) is 4.82. The third-order valence-electron chi connectivity index (χ3n) is 1.95. The summed E-state index contributed by atoms with van der Waals surface area (Å²) in [7, 11) is 0. The van der Waals surface area contributed by atoms with E-state index in [2.05, 4.69) is 37.2 Å². The first-order chi connectivity index (χ1) is 7.69. The van der Waals surface area contributed by atoms with E-state index in [1.165, 1.54) is 11.5 Å². The molecule has 0 aromatic carbocycles. The zero-order valence-corrected chi connectivity index (χ0v) is 12.1. The molecule has 0 aliphatic rings. The number of nitrogens with zero attached hydrogens (tertiary/aromatic N) is 3. The summed E-state index contributed by atoms with van der Waals surface area (Å²) in [5, 5.41) is 0.958. The molecule has 0 aliphatic carbocycles. The highest BCUT2D eigenvalue weighted by molar-refractivity contribution is 9.10. The predicted octanol–water partition coefficient (Wildman–Crippen LogP) is 3.72. The molecule has 0 amide bonds. The van der Waals surface area contributed by atoms with E-state index >= 15 is 0 Å². The summed E-state index contributed by atoms with van der Waals surface area (Å²) in [4.78, 5) is 8.85.